The van der Waals surface area contributed by atoms with E-state index in [0.29, 0.717) is 12.4 Å². The van der Waals surface area contributed by atoms with E-state index in [-0.39, 0.29) is 0 Å². The summed E-state index contributed by atoms with van der Waals surface area (Å²) >= 11 is 1.62. The Labute approximate surface area is 155 Å². The van der Waals surface area contributed by atoms with Gasteiger partial charge >= 0.3 is 0 Å². The van der Waals surface area contributed by atoms with Gasteiger partial charge in [-0.15, -0.1) is 11.3 Å². The van der Waals surface area contributed by atoms with E-state index in [9.17, 15) is 0 Å². The molecule has 0 aliphatic heterocycles. The Hall–Kier alpha value is -2.99. The van der Waals surface area contributed by atoms with Crippen molar-refractivity contribution in [2.45, 2.75) is 0 Å². The molecule has 0 N–H and O–H groups in total. The Morgan fingerprint density at radius 3 is 2.73 bits per heavy atom. The molecule has 0 aliphatic rings. The summed E-state index contributed by atoms with van der Waals surface area (Å²) in [6.07, 6.45) is 3.54. The topological polar surface area (TPSA) is 51.1 Å². The molecule has 0 aliphatic carbocycles. The molecule has 0 spiro atoms. The number of benzene rings is 1. The lowest BCUT2D eigenvalue weighted by Crippen LogP contribution is -2.25. The number of thiophene rings is 1. The van der Waals surface area contributed by atoms with Gasteiger partial charge in [0.25, 0.3) is 0 Å². The molecule has 130 valence electrons. The van der Waals surface area contributed by atoms with Gasteiger partial charge in [-0.2, -0.15) is 0 Å². The Bertz CT molecular complexity index is 989. The Balaban J connectivity index is 1.57. The van der Waals surface area contributed by atoms with Gasteiger partial charge in [-0.05, 0) is 35.7 Å². The predicted octanol–water partition coefficient (Wildman–Crippen LogP) is 4.27. The van der Waals surface area contributed by atoms with Gasteiger partial charge in [-0.1, -0.05) is 18.2 Å². The molecule has 0 bridgehead atoms. The van der Waals surface area contributed by atoms with Crippen molar-refractivity contribution in [3.05, 3.63) is 66.3 Å². The fourth-order valence-electron chi connectivity index (χ4n) is 2.68. The molecule has 1 aromatic carbocycles. The number of ether oxygens (including phenoxy) is 1. The zero-order valence-electron chi connectivity index (χ0n) is 14.4. The van der Waals surface area contributed by atoms with Crippen molar-refractivity contribution in [1.82, 2.24) is 15.0 Å². The van der Waals surface area contributed by atoms with Crippen LogP contribution >= 0.6 is 11.3 Å². The quantitative estimate of drug-likeness (QED) is 0.513. The van der Waals surface area contributed by atoms with Crippen LogP contribution in [0.1, 0.15) is 0 Å². The monoisotopic (exact) mass is 362 g/mol. The number of rotatable bonds is 6. The summed E-state index contributed by atoms with van der Waals surface area (Å²) in [6.45, 7) is 1.31. The van der Waals surface area contributed by atoms with Gasteiger partial charge in [0.15, 0.2) is 5.82 Å². The average Bonchev–Trinajstić information content (AvgIpc) is 3.17. The lowest BCUT2D eigenvalue weighted by molar-refractivity contribution is 0.326. The van der Waals surface area contributed by atoms with Crippen molar-refractivity contribution >= 4 is 27.4 Å². The van der Waals surface area contributed by atoms with Crippen molar-refractivity contribution in [1.29, 1.82) is 0 Å². The number of nitrogens with zero attached hydrogens (tertiary/aromatic N) is 4. The minimum Gasteiger partial charge on any atom is -0.492 e. The van der Waals surface area contributed by atoms with Gasteiger partial charge in [-0.25, -0.2) is 9.97 Å². The number of hydrogen-bond donors (Lipinski definition) is 0. The van der Waals surface area contributed by atoms with Crippen molar-refractivity contribution in [2.24, 2.45) is 0 Å². The van der Waals surface area contributed by atoms with Crippen LogP contribution in [0.2, 0.25) is 0 Å². The van der Waals surface area contributed by atoms with Gasteiger partial charge in [-0.3, -0.25) is 4.98 Å². The number of likely N-dealkylation sites (N-methyl/N-ethyl adjacent to an activating group) is 1. The third-order valence-corrected chi connectivity index (χ3v) is 4.83. The minimum absolute atomic E-state index is 0.582. The first-order valence-electron chi connectivity index (χ1n) is 8.36. The van der Waals surface area contributed by atoms with E-state index in [1.165, 1.54) is 0 Å². The SMILES string of the molecule is CN(CCOc1ccccc1)c1nc(-c2cccnc2)nc2sccc12. The summed E-state index contributed by atoms with van der Waals surface area (Å²) in [6, 6.07) is 15.8. The van der Waals surface area contributed by atoms with E-state index in [0.717, 1.165) is 33.9 Å². The Morgan fingerprint density at radius 1 is 1.04 bits per heavy atom. The smallest absolute Gasteiger partial charge is 0.164 e. The highest BCUT2D eigenvalue weighted by molar-refractivity contribution is 7.16. The predicted molar refractivity (Wildman–Crippen MR) is 106 cm³/mol. The lowest BCUT2D eigenvalue weighted by Gasteiger charge is -2.20. The second-order valence-corrected chi connectivity index (χ2v) is 6.73. The van der Waals surface area contributed by atoms with Crippen LogP contribution < -0.4 is 9.64 Å². The summed E-state index contributed by atoms with van der Waals surface area (Å²) in [4.78, 5) is 16.7. The number of hydrogen-bond acceptors (Lipinski definition) is 6. The molecule has 6 heteroatoms. The normalized spacial score (nSPS) is 10.8. The summed E-state index contributed by atoms with van der Waals surface area (Å²) in [7, 11) is 2.03. The molecule has 4 aromatic rings. The molecule has 5 nitrogen and oxygen atoms in total. The van der Waals surface area contributed by atoms with Gasteiger partial charge in [0.1, 0.15) is 23.0 Å². The number of pyridine rings is 1. The van der Waals surface area contributed by atoms with Crippen molar-refractivity contribution in [2.75, 3.05) is 25.1 Å². The van der Waals surface area contributed by atoms with Crippen LogP contribution in [0.15, 0.2) is 66.3 Å². The summed E-state index contributed by atoms with van der Waals surface area (Å²) < 4.78 is 5.81. The van der Waals surface area contributed by atoms with E-state index in [2.05, 4.69) is 20.9 Å². The van der Waals surface area contributed by atoms with Crippen LogP contribution in [0.25, 0.3) is 21.6 Å². The number of fused-ring (bicyclic) bond motifs is 1. The molecule has 0 atom stereocenters. The van der Waals surface area contributed by atoms with E-state index in [1.54, 1.807) is 23.7 Å². The first-order valence-corrected chi connectivity index (χ1v) is 9.24. The van der Waals surface area contributed by atoms with Crippen LogP contribution in [0.4, 0.5) is 5.82 Å². The molecule has 0 saturated heterocycles. The summed E-state index contributed by atoms with van der Waals surface area (Å²) in [5.41, 5.74) is 0.915. The van der Waals surface area contributed by atoms with Crippen LogP contribution in [-0.4, -0.2) is 35.2 Å². The standard InChI is InChI=1S/C20H18N4OS/c1-24(11-12-25-16-7-3-2-4-8-16)19-17-9-13-26-20(17)23-18(22-19)15-6-5-10-21-14-15/h2-10,13-14H,11-12H2,1H3. The Kier molecular flexibility index (Phi) is 4.75. The average molecular weight is 362 g/mol. The zero-order valence-corrected chi connectivity index (χ0v) is 15.2. The summed E-state index contributed by atoms with van der Waals surface area (Å²) in [5, 5.41) is 3.11. The van der Waals surface area contributed by atoms with E-state index < -0.39 is 0 Å². The summed E-state index contributed by atoms with van der Waals surface area (Å²) in [5.74, 6) is 2.48. The molecule has 0 unspecified atom stereocenters. The van der Waals surface area contributed by atoms with E-state index in [1.807, 2.05) is 54.9 Å². The maximum Gasteiger partial charge on any atom is 0.164 e. The first-order chi connectivity index (χ1) is 12.8. The van der Waals surface area contributed by atoms with Gasteiger partial charge in [0, 0.05) is 25.0 Å². The van der Waals surface area contributed by atoms with Crippen molar-refractivity contribution in [3.8, 4) is 17.1 Å². The molecular weight excluding hydrogens is 344 g/mol. The van der Waals surface area contributed by atoms with E-state index in [4.69, 9.17) is 9.72 Å². The second kappa shape index (κ2) is 7.49. The minimum atomic E-state index is 0.582. The number of anilines is 1. The Morgan fingerprint density at radius 2 is 1.92 bits per heavy atom. The lowest BCUT2D eigenvalue weighted by atomic mass is 10.2. The fourth-order valence-corrected chi connectivity index (χ4v) is 3.44. The second-order valence-electron chi connectivity index (χ2n) is 5.84. The van der Waals surface area contributed by atoms with Crippen LogP contribution in [0, 0.1) is 0 Å². The zero-order chi connectivity index (χ0) is 17.8. The fraction of sp³-hybridized carbons (Fsp3) is 0.150. The first kappa shape index (κ1) is 16.5. The molecule has 3 heterocycles. The van der Waals surface area contributed by atoms with Gasteiger partial charge in [0.2, 0.25) is 0 Å². The molecular formula is C20H18N4OS. The highest BCUT2D eigenvalue weighted by atomic mass is 32.1. The third-order valence-electron chi connectivity index (χ3n) is 4.02. The van der Waals surface area contributed by atoms with Crippen LogP contribution in [-0.2, 0) is 0 Å². The molecule has 3 aromatic heterocycles. The highest BCUT2D eigenvalue weighted by Gasteiger charge is 2.14. The maximum absolute atomic E-state index is 5.81. The number of aromatic nitrogens is 3. The molecule has 26 heavy (non-hydrogen) atoms. The number of para-hydroxylation sites is 1. The van der Waals surface area contributed by atoms with Crippen LogP contribution in [0.5, 0.6) is 5.75 Å². The molecule has 4 rings (SSSR count). The molecule has 0 radical (unpaired) electrons. The van der Waals surface area contributed by atoms with Gasteiger partial charge < -0.3 is 9.64 Å². The molecule has 0 amide bonds. The van der Waals surface area contributed by atoms with Crippen molar-refractivity contribution < 1.29 is 4.74 Å². The third kappa shape index (κ3) is 3.50. The van der Waals surface area contributed by atoms with E-state index >= 15 is 0 Å². The van der Waals surface area contributed by atoms with Crippen LogP contribution in [0.3, 0.4) is 0 Å². The molecule has 0 saturated carbocycles. The van der Waals surface area contributed by atoms with Gasteiger partial charge in [0.05, 0.1) is 11.9 Å². The highest BCUT2D eigenvalue weighted by Crippen LogP contribution is 2.30. The molecule has 0 fully saturated rings. The maximum atomic E-state index is 5.81. The largest absolute Gasteiger partial charge is 0.492 e. The van der Waals surface area contributed by atoms with Crippen molar-refractivity contribution in [3.63, 3.8) is 0 Å².